The lowest BCUT2D eigenvalue weighted by molar-refractivity contribution is 0.355. The lowest BCUT2D eigenvalue weighted by Gasteiger charge is -2.13. The maximum atomic E-state index is 5.66. The van der Waals surface area contributed by atoms with E-state index in [1.54, 1.807) is 6.20 Å². The quantitative estimate of drug-likeness (QED) is 0.659. The molecule has 3 nitrogen and oxygen atoms in total. The number of hydrogen-bond donors (Lipinski definition) is 1. The van der Waals surface area contributed by atoms with Crippen LogP contribution in [0, 0.1) is 0 Å². The Bertz CT molecular complexity index is 312. The fraction of sp³-hybridized carbons (Fsp3) is 0.125. The monoisotopic (exact) mass is 184 g/mol. The van der Waals surface area contributed by atoms with Crippen LogP contribution in [0.25, 0.3) is 5.70 Å². The van der Waals surface area contributed by atoms with Crippen LogP contribution in [-0.2, 0) is 0 Å². The third-order valence-corrected chi connectivity index (χ3v) is 1.59. The van der Waals surface area contributed by atoms with Crippen LogP contribution in [0.15, 0.2) is 24.4 Å². The molecular formula is C8H9ClN2O. The zero-order chi connectivity index (χ0) is 7.68. The first-order chi connectivity index (χ1) is 5.38. The fourth-order valence-electron chi connectivity index (χ4n) is 1.04. The van der Waals surface area contributed by atoms with Crippen LogP contribution in [0.3, 0.4) is 0 Å². The molecule has 0 saturated heterocycles. The molecule has 0 bridgehead atoms. The van der Waals surface area contributed by atoms with Crippen molar-refractivity contribution in [3.8, 4) is 5.75 Å². The molecule has 0 atom stereocenters. The number of nitrogens with zero attached hydrogens (tertiary/aromatic N) is 1. The van der Waals surface area contributed by atoms with E-state index in [9.17, 15) is 0 Å². The second kappa shape index (κ2) is 3.45. The van der Waals surface area contributed by atoms with Gasteiger partial charge in [0, 0.05) is 6.20 Å². The Morgan fingerprint density at radius 3 is 3.08 bits per heavy atom. The smallest absolute Gasteiger partial charge is 0.147 e. The van der Waals surface area contributed by atoms with Gasteiger partial charge in [0.2, 0.25) is 0 Å². The molecule has 2 heterocycles. The summed E-state index contributed by atoms with van der Waals surface area (Å²) in [5.41, 5.74) is 7.11. The van der Waals surface area contributed by atoms with Crippen molar-refractivity contribution in [1.29, 1.82) is 0 Å². The zero-order valence-corrected chi connectivity index (χ0v) is 7.17. The molecule has 1 aliphatic heterocycles. The van der Waals surface area contributed by atoms with Gasteiger partial charge in [0.1, 0.15) is 18.1 Å². The van der Waals surface area contributed by atoms with Crippen LogP contribution in [-0.4, -0.2) is 11.6 Å². The molecule has 0 spiro atoms. The van der Waals surface area contributed by atoms with Crippen LogP contribution >= 0.6 is 12.4 Å². The highest BCUT2D eigenvalue weighted by molar-refractivity contribution is 5.85. The highest BCUT2D eigenvalue weighted by Gasteiger charge is 2.10. The van der Waals surface area contributed by atoms with E-state index in [-0.39, 0.29) is 12.4 Å². The molecule has 2 rings (SSSR count). The van der Waals surface area contributed by atoms with Crippen molar-refractivity contribution in [1.82, 2.24) is 4.98 Å². The minimum Gasteiger partial charge on any atom is -0.487 e. The molecule has 64 valence electrons. The summed E-state index contributed by atoms with van der Waals surface area (Å²) in [7, 11) is 0. The van der Waals surface area contributed by atoms with Gasteiger partial charge in [-0.05, 0) is 18.2 Å². The number of nitrogens with two attached hydrogens (primary N) is 1. The summed E-state index contributed by atoms with van der Waals surface area (Å²) in [6.45, 7) is 0.546. The molecule has 0 aliphatic carbocycles. The van der Waals surface area contributed by atoms with Crippen molar-refractivity contribution in [2.75, 3.05) is 6.61 Å². The van der Waals surface area contributed by atoms with Crippen molar-refractivity contribution in [3.63, 3.8) is 0 Å². The Morgan fingerprint density at radius 2 is 2.33 bits per heavy atom. The van der Waals surface area contributed by atoms with Crippen LogP contribution in [0.2, 0.25) is 0 Å². The predicted octanol–water partition coefficient (Wildman–Crippen LogP) is 1.20. The third-order valence-electron chi connectivity index (χ3n) is 1.59. The second-order valence-corrected chi connectivity index (χ2v) is 2.32. The zero-order valence-electron chi connectivity index (χ0n) is 6.36. The van der Waals surface area contributed by atoms with Gasteiger partial charge >= 0.3 is 0 Å². The van der Waals surface area contributed by atoms with Gasteiger partial charge in [-0.1, -0.05) is 0 Å². The number of rotatable bonds is 0. The van der Waals surface area contributed by atoms with Gasteiger partial charge in [-0.15, -0.1) is 12.4 Å². The van der Waals surface area contributed by atoms with Crippen molar-refractivity contribution < 1.29 is 4.74 Å². The largest absolute Gasteiger partial charge is 0.487 e. The maximum Gasteiger partial charge on any atom is 0.147 e. The normalized spacial score (nSPS) is 13.5. The number of pyridine rings is 1. The van der Waals surface area contributed by atoms with Gasteiger partial charge in [0.25, 0.3) is 0 Å². The van der Waals surface area contributed by atoms with Gasteiger partial charge in [-0.25, -0.2) is 0 Å². The number of ether oxygens (including phenoxy) is 1. The van der Waals surface area contributed by atoms with Crippen molar-refractivity contribution in [2.24, 2.45) is 5.73 Å². The summed E-state index contributed by atoms with van der Waals surface area (Å²) in [4.78, 5) is 4.08. The average molecular weight is 185 g/mol. The minimum absolute atomic E-state index is 0. The summed E-state index contributed by atoms with van der Waals surface area (Å²) in [5, 5.41) is 0. The molecule has 0 saturated carbocycles. The minimum atomic E-state index is 0. The van der Waals surface area contributed by atoms with Gasteiger partial charge < -0.3 is 10.5 Å². The van der Waals surface area contributed by atoms with Crippen molar-refractivity contribution >= 4 is 18.1 Å². The Balaban J connectivity index is 0.000000720. The Kier molecular flexibility index (Phi) is 2.55. The number of halogens is 1. The van der Waals surface area contributed by atoms with Crippen LogP contribution in [0.1, 0.15) is 5.69 Å². The number of aromatic nitrogens is 1. The summed E-state index contributed by atoms with van der Waals surface area (Å²) in [6, 6.07) is 3.69. The first-order valence-corrected chi connectivity index (χ1v) is 3.42. The van der Waals surface area contributed by atoms with E-state index in [2.05, 4.69) is 4.98 Å². The first kappa shape index (κ1) is 8.87. The third kappa shape index (κ3) is 1.36. The molecule has 1 aromatic rings. The average Bonchev–Trinajstić information content (AvgIpc) is 2.06. The molecule has 0 fully saturated rings. The van der Waals surface area contributed by atoms with Crippen molar-refractivity contribution in [2.45, 2.75) is 0 Å². The van der Waals surface area contributed by atoms with Gasteiger partial charge in [-0.3, -0.25) is 4.98 Å². The first-order valence-electron chi connectivity index (χ1n) is 3.42. The van der Waals surface area contributed by atoms with E-state index in [0.29, 0.717) is 12.3 Å². The van der Waals surface area contributed by atoms with E-state index < -0.39 is 0 Å². The molecule has 0 radical (unpaired) electrons. The highest BCUT2D eigenvalue weighted by atomic mass is 35.5. The summed E-state index contributed by atoms with van der Waals surface area (Å²) in [6.07, 6.45) is 3.52. The van der Waals surface area contributed by atoms with E-state index in [4.69, 9.17) is 10.5 Å². The molecule has 4 heteroatoms. The molecule has 12 heavy (non-hydrogen) atoms. The van der Waals surface area contributed by atoms with Crippen LogP contribution in [0.5, 0.6) is 5.75 Å². The lowest BCUT2D eigenvalue weighted by atomic mass is 10.2. The van der Waals surface area contributed by atoms with E-state index in [1.165, 1.54) is 0 Å². The highest BCUT2D eigenvalue weighted by Crippen LogP contribution is 2.23. The second-order valence-electron chi connectivity index (χ2n) is 2.32. The molecular weight excluding hydrogens is 176 g/mol. The standard InChI is InChI=1S/C8H8N2O.ClH/c9-6-3-5-11-7-2-1-4-10-8(6)7;/h1-4H,5,9H2;1H. The predicted molar refractivity (Wildman–Crippen MR) is 49.1 cm³/mol. The Morgan fingerprint density at radius 1 is 1.50 bits per heavy atom. The van der Waals surface area contributed by atoms with E-state index in [1.807, 2.05) is 18.2 Å². The van der Waals surface area contributed by atoms with Gasteiger partial charge in [-0.2, -0.15) is 0 Å². The topological polar surface area (TPSA) is 48.1 Å². The summed E-state index contributed by atoms with van der Waals surface area (Å²) >= 11 is 0. The summed E-state index contributed by atoms with van der Waals surface area (Å²) < 4.78 is 5.27. The van der Waals surface area contributed by atoms with Crippen molar-refractivity contribution in [3.05, 3.63) is 30.1 Å². The summed E-state index contributed by atoms with van der Waals surface area (Å²) in [5.74, 6) is 0.771. The Labute approximate surface area is 76.7 Å². The molecule has 0 aromatic carbocycles. The SMILES string of the molecule is Cl.NC1=CCOc2cccnc21. The Hall–Kier alpha value is -1.22. The van der Waals surface area contributed by atoms with Crippen LogP contribution in [0.4, 0.5) is 0 Å². The molecule has 1 aliphatic rings. The van der Waals surface area contributed by atoms with E-state index >= 15 is 0 Å². The van der Waals surface area contributed by atoms with Gasteiger partial charge in [0.05, 0.1) is 5.70 Å². The molecule has 0 unspecified atom stereocenters. The number of fused-ring (bicyclic) bond motifs is 1. The number of hydrogen-bond acceptors (Lipinski definition) is 3. The molecule has 1 aromatic heterocycles. The van der Waals surface area contributed by atoms with E-state index in [0.717, 1.165) is 11.4 Å². The van der Waals surface area contributed by atoms with Gasteiger partial charge in [0.15, 0.2) is 0 Å². The maximum absolute atomic E-state index is 5.66. The van der Waals surface area contributed by atoms with Crippen LogP contribution < -0.4 is 10.5 Å². The fourth-order valence-corrected chi connectivity index (χ4v) is 1.04. The lowest BCUT2D eigenvalue weighted by Crippen LogP contribution is -2.10. The molecule has 0 amide bonds. The molecule has 2 N–H and O–H groups in total.